The van der Waals surface area contributed by atoms with Crippen molar-refractivity contribution in [1.82, 2.24) is 0 Å². The maximum Gasteiger partial charge on any atom is 0.134 e. The van der Waals surface area contributed by atoms with E-state index in [1.54, 1.807) is 18.2 Å². The molecule has 0 saturated carbocycles. The zero-order chi connectivity index (χ0) is 12.9. The van der Waals surface area contributed by atoms with Crippen LogP contribution in [0.5, 0.6) is 0 Å². The Balaban J connectivity index is 2.26. The number of rotatable bonds is 1. The molecule has 0 radical (unpaired) electrons. The second kappa shape index (κ2) is 4.07. The minimum absolute atomic E-state index is 0.302. The van der Waals surface area contributed by atoms with E-state index in [0.29, 0.717) is 10.8 Å². The Morgan fingerprint density at radius 2 is 2.22 bits per heavy atom. The second-order valence-corrected chi connectivity index (χ2v) is 5.77. The summed E-state index contributed by atoms with van der Waals surface area (Å²) in [6, 6.07) is 4.98. The number of hydrogen-bond acceptors (Lipinski definition) is 3. The first-order chi connectivity index (χ1) is 8.56. The van der Waals surface area contributed by atoms with Crippen molar-refractivity contribution in [3.05, 3.63) is 35.1 Å². The van der Waals surface area contributed by atoms with Crippen LogP contribution in [-0.2, 0) is 17.5 Å². The maximum absolute atomic E-state index is 11.0. The van der Waals surface area contributed by atoms with Crippen molar-refractivity contribution in [2.24, 2.45) is 5.92 Å². The summed E-state index contributed by atoms with van der Waals surface area (Å²) in [6.45, 7) is 4.27. The third-order valence-electron chi connectivity index (χ3n) is 3.61. The van der Waals surface area contributed by atoms with Gasteiger partial charge in [-0.2, -0.15) is 0 Å². The Kier molecular flexibility index (Phi) is 2.64. The fourth-order valence-corrected chi connectivity index (χ4v) is 2.76. The summed E-state index contributed by atoms with van der Waals surface area (Å²) < 4.78 is 27.8. The number of hydrogen-bond donors (Lipinski definition) is 0. The standard InChI is InChI=1S/C14H14O3S/c1-8-5-11-12-7-10(18(15)16)3-4-13(12)17-14(11)6-9(8)2/h3-5,7,9H,6H2,1-2H3,(H,15,16)/p-1. The van der Waals surface area contributed by atoms with Gasteiger partial charge in [0.2, 0.25) is 0 Å². The first kappa shape index (κ1) is 11.7. The molecule has 1 aliphatic carbocycles. The lowest BCUT2D eigenvalue weighted by Gasteiger charge is -2.16. The Bertz CT molecular complexity index is 682. The van der Waals surface area contributed by atoms with Gasteiger partial charge in [-0.05, 0) is 42.1 Å². The van der Waals surface area contributed by atoms with Gasteiger partial charge in [0.1, 0.15) is 11.3 Å². The predicted octanol–water partition coefficient (Wildman–Crippen LogP) is 3.27. The fourth-order valence-electron chi connectivity index (χ4n) is 2.37. The molecule has 2 unspecified atom stereocenters. The molecule has 4 heteroatoms. The second-order valence-electron chi connectivity index (χ2n) is 4.83. The average Bonchev–Trinajstić information content (AvgIpc) is 2.66. The van der Waals surface area contributed by atoms with Gasteiger partial charge in [-0.3, -0.25) is 4.21 Å². The third kappa shape index (κ3) is 1.72. The average molecular weight is 261 g/mol. The van der Waals surface area contributed by atoms with E-state index in [4.69, 9.17) is 4.42 Å². The van der Waals surface area contributed by atoms with Crippen LogP contribution in [-0.4, -0.2) is 8.76 Å². The van der Waals surface area contributed by atoms with Gasteiger partial charge >= 0.3 is 0 Å². The molecule has 2 atom stereocenters. The first-order valence-electron chi connectivity index (χ1n) is 5.89. The van der Waals surface area contributed by atoms with Crippen LogP contribution in [0.1, 0.15) is 25.2 Å². The molecule has 0 N–H and O–H groups in total. The molecule has 0 saturated heterocycles. The highest BCUT2D eigenvalue weighted by Gasteiger charge is 2.21. The fraction of sp³-hybridized carbons (Fsp3) is 0.286. The number of benzene rings is 1. The largest absolute Gasteiger partial charge is 0.768 e. The summed E-state index contributed by atoms with van der Waals surface area (Å²) in [5, 5.41) is 0.887. The van der Waals surface area contributed by atoms with Gasteiger partial charge in [-0.1, -0.05) is 18.6 Å². The van der Waals surface area contributed by atoms with E-state index >= 15 is 0 Å². The van der Waals surface area contributed by atoms with E-state index in [1.165, 1.54) is 5.57 Å². The molecule has 3 nitrogen and oxygen atoms in total. The SMILES string of the molecule is CC1=Cc2c(oc3ccc(S(=O)[O-])cc23)CC1C. The molecule has 1 aromatic heterocycles. The van der Waals surface area contributed by atoms with Crippen molar-refractivity contribution >= 4 is 28.1 Å². The lowest BCUT2D eigenvalue weighted by atomic mass is 9.89. The molecule has 1 heterocycles. The minimum atomic E-state index is -2.20. The van der Waals surface area contributed by atoms with Crippen molar-refractivity contribution in [3.63, 3.8) is 0 Å². The molecule has 1 aliphatic rings. The van der Waals surface area contributed by atoms with Crippen LogP contribution in [0.4, 0.5) is 0 Å². The van der Waals surface area contributed by atoms with Crippen LogP contribution in [0, 0.1) is 5.92 Å². The highest BCUT2D eigenvalue weighted by atomic mass is 32.2. The number of furan rings is 1. The Morgan fingerprint density at radius 3 is 2.94 bits per heavy atom. The van der Waals surface area contributed by atoms with Gasteiger partial charge < -0.3 is 8.97 Å². The minimum Gasteiger partial charge on any atom is -0.768 e. The smallest absolute Gasteiger partial charge is 0.134 e. The van der Waals surface area contributed by atoms with Crippen molar-refractivity contribution < 1.29 is 13.2 Å². The molecule has 0 fully saturated rings. The maximum atomic E-state index is 11.0. The van der Waals surface area contributed by atoms with Crippen molar-refractivity contribution in [2.75, 3.05) is 0 Å². The lowest BCUT2D eigenvalue weighted by molar-refractivity contribution is 0.503. The van der Waals surface area contributed by atoms with Gasteiger partial charge in [0.05, 0.1) is 0 Å². The van der Waals surface area contributed by atoms with Crippen LogP contribution in [0.25, 0.3) is 17.0 Å². The highest BCUT2D eigenvalue weighted by Crippen LogP contribution is 2.36. The number of fused-ring (bicyclic) bond motifs is 3. The van der Waals surface area contributed by atoms with Crippen LogP contribution in [0.3, 0.4) is 0 Å². The van der Waals surface area contributed by atoms with Crippen LogP contribution >= 0.6 is 0 Å². The van der Waals surface area contributed by atoms with Crippen molar-refractivity contribution in [1.29, 1.82) is 0 Å². The lowest BCUT2D eigenvalue weighted by Crippen LogP contribution is -2.05. The monoisotopic (exact) mass is 261 g/mol. The Morgan fingerprint density at radius 1 is 1.44 bits per heavy atom. The summed E-state index contributed by atoms with van der Waals surface area (Å²) in [5.41, 5.74) is 3.10. The topological polar surface area (TPSA) is 53.3 Å². The molecule has 0 aliphatic heterocycles. The van der Waals surface area contributed by atoms with E-state index in [9.17, 15) is 8.76 Å². The van der Waals surface area contributed by atoms with Gasteiger partial charge in [0, 0.05) is 22.3 Å². The van der Waals surface area contributed by atoms with E-state index < -0.39 is 11.1 Å². The molecule has 0 spiro atoms. The van der Waals surface area contributed by atoms with E-state index in [2.05, 4.69) is 19.9 Å². The van der Waals surface area contributed by atoms with Crippen LogP contribution in [0.15, 0.2) is 33.1 Å². The third-order valence-corrected chi connectivity index (χ3v) is 4.25. The molecule has 0 amide bonds. The van der Waals surface area contributed by atoms with E-state index in [0.717, 1.165) is 28.7 Å². The zero-order valence-corrected chi connectivity index (χ0v) is 11.0. The molecule has 3 rings (SSSR count). The molecular formula is C14H13O3S-. The first-order valence-corrected chi connectivity index (χ1v) is 6.96. The summed E-state index contributed by atoms with van der Waals surface area (Å²) in [4.78, 5) is 0.302. The van der Waals surface area contributed by atoms with Crippen molar-refractivity contribution in [2.45, 2.75) is 25.2 Å². The Hall–Kier alpha value is -1.39. The van der Waals surface area contributed by atoms with Gasteiger partial charge in [-0.15, -0.1) is 0 Å². The van der Waals surface area contributed by atoms with Gasteiger partial charge in [-0.25, -0.2) is 0 Å². The predicted molar refractivity (Wildman–Crippen MR) is 69.9 cm³/mol. The van der Waals surface area contributed by atoms with Gasteiger partial charge in [0.25, 0.3) is 0 Å². The summed E-state index contributed by atoms with van der Waals surface area (Å²) in [5.74, 6) is 1.43. The van der Waals surface area contributed by atoms with Crippen molar-refractivity contribution in [3.8, 4) is 0 Å². The zero-order valence-electron chi connectivity index (χ0n) is 10.2. The summed E-state index contributed by atoms with van der Waals surface area (Å²) >= 11 is -2.20. The van der Waals surface area contributed by atoms with Crippen LogP contribution in [0.2, 0.25) is 0 Å². The Labute approximate surface area is 108 Å². The highest BCUT2D eigenvalue weighted by molar-refractivity contribution is 7.79. The molecule has 94 valence electrons. The normalized spacial score (nSPS) is 20.6. The quantitative estimate of drug-likeness (QED) is 0.740. The molecule has 1 aromatic carbocycles. The van der Waals surface area contributed by atoms with Gasteiger partial charge in [0.15, 0.2) is 0 Å². The van der Waals surface area contributed by atoms with Crippen LogP contribution < -0.4 is 0 Å². The summed E-state index contributed by atoms with van der Waals surface area (Å²) in [6.07, 6.45) is 2.98. The molecular weight excluding hydrogens is 248 g/mol. The molecule has 18 heavy (non-hydrogen) atoms. The van der Waals surface area contributed by atoms with E-state index in [1.807, 2.05) is 0 Å². The van der Waals surface area contributed by atoms with E-state index in [-0.39, 0.29) is 0 Å². The molecule has 0 bridgehead atoms. The summed E-state index contributed by atoms with van der Waals surface area (Å²) in [7, 11) is 0. The molecule has 2 aromatic rings. The number of allylic oxidation sites excluding steroid dienone is 1.